The Morgan fingerprint density at radius 2 is 1.53 bits per heavy atom. The Balaban J connectivity index is 1.99. The number of hydrogen-bond acceptors (Lipinski definition) is 5. The molecule has 0 aromatic heterocycles. The van der Waals surface area contributed by atoms with Gasteiger partial charge in [-0.3, -0.25) is 14.4 Å². The lowest BCUT2D eigenvalue weighted by Gasteiger charge is -2.16. The summed E-state index contributed by atoms with van der Waals surface area (Å²) < 4.78 is 43.4. The highest BCUT2D eigenvalue weighted by atomic mass is 19.1. The zero-order valence-electron chi connectivity index (χ0n) is 16.7. The van der Waals surface area contributed by atoms with Gasteiger partial charge >= 0.3 is 0 Å². The van der Waals surface area contributed by atoms with E-state index in [2.05, 4.69) is 15.6 Å². The van der Waals surface area contributed by atoms with E-state index in [0.717, 1.165) is 0 Å². The lowest BCUT2D eigenvalue weighted by Crippen LogP contribution is -2.29. The first-order valence-corrected chi connectivity index (χ1v) is 9.22. The Morgan fingerprint density at radius 1 is 0.969 bits per heavy atom. The normalized spacial score (nSPS) is 13.4. The number of rotatable bonds is 5. The van der Waals surface area contributed by atoms with Crippen molar-refractivity contribution >= 4 is 44.1 Å². The number of phenolic OH excluding ortho intramolecular Hbond substituents is 2. The second-order valence-electron chi connectivity index (χ2n) is 6.93. The molecule has 2 amide bonds. The molecule has 0 spiro atoms. The molecule has 7 nitrogen and oxygen atoms in total. The maximum atomic E-state index is 14.7. The molecule has 0 saturated heterocycles. The van der Waals surface area contributed by atoms with Crippen molar-refractivity contribution in [3.05, 3.63) is 40.7 Å². The Morgan fingerprint density at radius 3 is 2.09 bits per heavy atom. The molecule has 2 aromatic carbocycles. The van der Waals surface area contributed by atoms with E-state index in [1.54, 1.807) is 0 Å². The maximum absolute atomic E-state index is 14.7. The van der Waals surface area contributed by atoms with Gasteiger partial charge in [-0.05, 0) is 37.0 Å². The van der Waals surface area contributed by atoms with Gasteiger partial charge in [-0.15, -0.1) is 0 Å². The number of nitrogens with one attached hydrogen (secondary N) is 2. The molecule has 1 aliphatic rings. The summed E-state index contributed by atoms with van der Waals surface area (Å²) in [5.74, 6) is -7.50. The number of aromatic hydroxyl groups is 2. The standard InChI is InChI=1S/C20H15B2F3N2O5/c1-32-27-20(31)9-4-2-3-8(9)19(30)26-16-10(23)5-7(6-11(16)24)12-17(28)14(22)13(21)15(25)18(12)29/h5-6,28-29H,2-4H2,1H3,(H,26,30)(H,27,31). The van der Waals surface area contributed by atoms with Crippen molar-refractivity contribution in [2.75, 3.05) is 12.4 Å². The van der Waals surface area contributed by atoms with Crippen LogP contribution in [0.25, 0.3) is 11.1 Å². The number of carbonyl (C=O) groups is 2. The maximum Gasteiger partial charge on any atom is 0.271 e. The summed E-state index contributed by atoms with van der Waals surface area (Å²) in [6, 6.07) is 1.31. The number of benzene rings is 2. The topological polar surface area (TPSA) is 108 Å². The van der Waals surface area contributed by atoms with Crippen LogP contribution < -0.4 is 21.7 Å². The number of carbonyl (C=O) groups excluding carboxylic acids is 2. The predicted molar refractivity (Wildman–Crippen MR) is 111 cm³/mol. The molecule has 0 bridgehead atoms. The summed E-state index contributed by atoms with van der Waals surface area (Å²) >= 11 is 0. The van der Waals surface area contributed by atoms with E-state index in [1.165, 1.54) is 7.11 Å². The van der Waals surface area contributed by atoms with Crippen LogP contribution in [0.2, 0.25) is 0 Å². The SMILES string of the molecule is [B]c1c([B])c(F)c(O)c(-c2cc(F)c(NC(=O)C3=C(C(=O)NOC)CCC3)c(F)c2)c1O. The van der Waals surface area contributed by atoms with Gasteiger partial charge in [-0.2, -0.15) is 0 Å². The summed E-state index contributed by atoms with van der Waals surface area (Å²) in [5.41, 5.74) is -1.07. The molecular formula is C20H15B2F3N2O5. The number of halogens is 3. The van der Waals surface area contributed by atoms with Gasteiger partial charge in [0.25, 0.3) is 11.8 Å². The highest BCUT2D eigenvalue weighted by Crippen LogP contribution is 2.39. The van der Waals surface area contributed by atoms with Crippen LogP contribution in [-0.2, 0) is 14.4 Å². The van der Waals surface area contributed by atoms with Crippen molar-refractivity contribution in [1.29, 1.82) is 0 Å². The first kappa shape index (κ1) is 23.3. The second-order valence-corrected chi connectivity index (χ2v) is 6.93. The molecule has 0 heterocycles. The Kier molecular flexibility index (Phi) is 6.54. The van der Waals surface area contributed by atoms with Crippen molar-refractivity contribution < 1.29 is 37.8 Å². The number of phenols is 2. The van der Waals surface area contributed by atoms with Gasteiger partial charge in [-0.1, -0.05) is 10.9 Å². The third kappa shape index (κ3) is 4.05. The van der Waals surface area contributed by atoms with Crippen LogP contribution in [0.15, 0.2) is 23.3 Å². The van der Waals surface area contributed by atoms with E-state index in [4.69, 9.17) is 15.7 Å². The predicted octanol–water partition coefficient (Wildman–Crippen LogP) is 0.866. The second kappa shape index (κ2) is 8.99. The van der Waals surface area contributed by atoms with Crippen LogP contribution in [0.5, 0.6) is 11.5 Å². The zero-order chi connectivity index (χ0) is 23.7. The number of hydrogen-bond donors (Lipinski definition) is 4. The Hall–Kier alpha value is -3.40. The molecule has 2 aromatic rings. The third-order valence-corrected chi connectivity index (χ3v) is 4.99. The summed E-state index contributed by atoms with van der Waals surface area (Å²) in [6.45, 7) is 0. The van der Waals surface area contributed by atoms with E-state index in [0.29, 0.717) is 18.6 Å². The molecule has 0 atom stereocenters. The third-order valence-electron chi connectivity index (χ3n) is 4.99. The molecule has 0 fully saturated rings. The highest BCUT2D eigenvalue weighted by molar-refractivity contribution is 6.50. The molecule has 0 aliphatic heterocycles. The molecule has 162 valence electrons. The van der Waals surface area contributed by atoms with Gasteiger partial charge < -0.3 is 15.5 Å². The summed E-state index contributed by atoms with van der Waals surface area (Å²) in [6.07, 6.45) is 0.984. The molecule has 12 heteroatoms. The fourth-order valence-corrected chi connectivity index (χ4v) is 3.43. The number of amides is 2. The smallest absolute Gasteiger partial charge is 0.271 e. The fourth-order valence-electron chi connectivity index (χ4n) is 3.43. The summed E-state index contributed by atoms with van der Waals surface area (Å²) in [5, 5.41) is 22.1. The van der Waals surface area contributed by atoms with Crippen molar-refractivity contribution in [2.45, 2.75) is 19.3 Å². The van der Waals surface area contributed by atoms with Crippen LogP contribution >= 0.6 is 0 Å². The quantitative estimate of drug-likeness (QED) is 0.406. The van der Waals surface area contributed by atoms with Crippen molar-refractivity contribution in [3.8, 4) is 22.6 Å². The van der Waals surface area contributed by atoms with E-state index in [9.17, 15) is 33.0 Å². The number of hydroxylamine groups is 1. The molecule has 32 heavy (non-hydrogen) atoms. The summed E-state index contributed by atoms with van der Waals surface area (Å²) in [4.78, 5) is 29.0. The molecular weight excluding hydrogens is 427 g/mol. The van der Waals surface area contributed by atoms with Crippen LogP contribution in [-0.4, -0.2) is 44.8 Å². The lowest BCUT2D eigenvalue weighted by atomic mass is 9.77. The first-order chi connectivity index (χ1) is 15.1. The van der Waals surface area contributed by atoms with E-state index in [-0.39, 0.29) is 24.0 Å². The van der Waals surface area contributed by atoms with E-state index < -0.39 is 68.5 Å². The fraction of sp³-hybridized carbons (Fsp3) is 0.200. The number of anilines is 1. The first-order valence-electron chi connectivity index (χ1n) is 9.22. The van der Waals surface area contributed by atoms with Crippen LogP contribution in [0.1, 0.15) is 19.3 Å². The minimum absolute atomic E-state index is 0.0473. The Bertz CT molecular complexity index is 1120. The van der Waals surface area contributed by atoms with Gasteiger partial charge in [-0.25, -0.2) is 18.7 Å². The van der Waals surface area contributed by atoms with Gasteiger partial charge in [0.1, 0.15) is 38.8 Å². The molecule has 4 N–H and O–H groups in total. The zero-order valence-corrected chi connectivity index (χ0v) is 16.7. The molecule has 3 rings (SSSR count). The molecule has 0 unspecified atom stereocenters. The van der Waals surface area contributed by atoms with Crippen molar-refractivity contribution in [1.82, 2.24) is 5.48 Å². The molecule has 4 radical (unpaired) electrons. The lowest BCUT2D eigenvalue weighted by molar-refractivity contribution is -0.127. The average molecular weight is 442 g/mol. The van der Waals surface area contributed by atoms with Crippen LogP contribution in [0.3, 0.4) is 0 Å². The Labute approximate surface area is 183 Å². The van der Waals surface area contributed by atoms with E-state index in [1.807, 2.05) is 0 Å². The van der Waals surface area contributed by atoms with Crippen LogP contribution in [0, 0.1) is 17.5 Å². The van der Waals surface area contributed by atoms with E-state index >= 15 is 0 Å². The van der Waals surface area contributed by atoms with Crippen molar-refractivity contribution in [3.63, 3.8) is 0 Å². The minimum atomic E-state index is -1.37. The average Bonchev–Trinajstić information content (AvgIpc) is 3.24. The van der Waals surface area contributed by atoms with Crippen LogP contribution in [0.4, 0.5) is 18.9 Å². The van der Waals surface area contributed by atoms with Gasteiger partial charge in [0.15, 0.2) is 11.6 Å². The van der Waals surface area contributed by atoms with Crippen molar-refractivity contribution in [2.24, 2.45) is 0 Å². The monoisotopic (exact) mass is 442 g/mol. The van der Waals surface area contributed by atoms with Gasteiger partial charge in [0.05, 0.1) is 12.7 Å². The highest BCUT2D eigenvalue weighted by Gasteiger charge is 2.28. The molecule has 0 saturated carbocycles. The van der Waals surface area contributed by atoms with Gasteiger partial charge in [0.2, 0.25) is 0 Å². The summed E-state index contributed by atoms with van der Waals surface area (Å²) in [7, 11) is 12.0. The molecule has 1 aliphatic carbocycles. The minimum Gasteiger partial charge on any atom is -0.508 e. The van der Waals surface area contributed by atoms with Gasteiger partial charge in [0, 0.05) is 11.1 Å². The largest absolute Gasteiger partial charge is 0.508 e.